The van der Waals surface area contributed by atoms with E-state index < -0.39 is 0 Å². The van der Waals surface area contributed by atoms with E-state index in [9.17, 15) is 4.79 Å². The average molecular weight is 355 g/mol. The second-order valence-electron chi connectivity index (χ2n) is 6.92. The number of nitrogens with one attached hydrogen (secondary N) is 1. The third kappa shape index (κ3) is 4.99. The molecule has 5 heteroatoms. The highest BCUT2D eigenvalue weighted by atomic mass is 16.5. The maximum atomic E-state index is 12.3. The van der Waals surface area contributed by atoms with Gasteiger partial charge in [0, 0.05) is 25.2 Å². The molecule has 0 radical (unpaired) electrons. The van der Waals surface area contributed by atoms with Crippen LogP contribution in [-0.2, 0) is 0 Å². The fourth-order valence-corrected chi connectivity index (χ4v) is 2.95. The minimum absolute atomic E-state index is 0. The first-order valence-corrected chi connectivity index (χ1v) is 8.66. The molecule has 1 aliphatic rings. The Balaban J connectivity index is 0.00000243. The van der Waals surface area contributed by atoms with Crippen molar-refractivity contribution < 1.29 is 9.53 Å². The van der Waals surface area contributed by atoms with Gasteiger partial charge in [-0.25, -0.2) is 0 Å². The molecule has 2 aromatic carbocycles. The Morgan fingerprint density at radius 1 is 1.19 bits per heavy atom. The summed E-state index contributed by atoms with van der Waals surface area (Å²) < 4.78 is 5.94. The molecule has 140 valence electrons. The van der Waals surface area contributed by atoms with E-state index in [1.807, 2.05) is 24.3 Å². The highest BCUT2D eigenvalue weighted by molar-refractivity contribution is 6.05. The van der Waals surface area contributed by atoms with Gasteiger partial charge in [-0.2, -0.15) is 0 Å². The predicted octanol–water partition coefficient (Wildman–Crippen LogP) is 3.88. The number of carbonyl (C=O) groups is 1. The summed E-state index contributed by atoms with van der Waals surface area (Å²) in [7, 11) is 0. The highest BCUT2D eigenvalue weighted by Gasteiger charge is 2.28. The normalized spacial score (nSPS) is 14.4. The lowest BCUT2D eigenvalue weighted by Crippen LogP contribution is -2.54. The van der Waals surface area contributed by atoms with Gasteiger partial charge in [0.2, 0.25) is 0 Å². The van der Waals surface area contributed by atoms with Crippen LogP contribution >= 0.6 is 0 Å². The van der Waals surface area contributed by atoms with E-state index in [1.165, 1.54) is 0 Å². The van der Waals surface area contributed by atoms with Gasteiger partial charge in [-0.1, -0.05) is 33.4 Å². The Bertz CT molecular complexity index is 722. The Kier molecular flexibility index (Phi) is 6.64. The number of benzene rings is 2. The van der Waals surface area contributed by atoms with Crippen molar-refractivity contribution in [2.75, 3.05) is 30.7 Å². The van der Waals surface area contributed by atoms with E-state index in [0.717, 1.165) is 25.4 Å². The molecular formula is C21H29N3O2. The van der Waals surface area contributed by atoms with Crippen LogP contribution in [-0.4, -0.2) is 36.5 Å². The number of ether oxygens (including phenoxy) is 1. The van der Waals surface area contributed by atoms with E-state index in [4.69, 9.17) is 10.5 Å². The van der Waals surface area contributed by atoms with Gasteiger partial charge in [-0.05, 0) is 42.3 Å². The number of hydrogen-bond donors (Lipinski definition) is 2. The van der Waals surface area contributed by atoms with Crippen LogP contribution in [0.3, 0.4) is 0 Å². The molecule has 5 nitrogen and oxygen atoms in total. The molecule has 1 fully saturated rings. The van der Waals surface area contributed by atoms with Crippen molar-refractivity contribution in [3.63, 3.8) is 0 Å². The number of amides is 1. The molecule has 2 aromatic rings. The molecule has 0 aliphatic carbocycles. The van der Waals surface area contributed by atoms with Crippen molar-refractivity contribution in [3.05, 3.63) is 54.1 Å². The third-order valence-corrected chi connectivity index (χ3v) is 4.18. The van der Waals surface area contributed by atoms with Gasteiger partial charge in [0.25, 0.3) is 5.91 Å². The molecule has 3 rings (SSSR count). The Labute approximate surface area is 156 Å². The summed E-state index contributed by atoms with van der Waals surface area (Å²) in [4.78, 5) is 14.7. The van der Waals surface area contributed by atoms with Crippen LogP contribution in [0.25, 0.3) is 0 Å². The van der Waals surface area contributed by atoms with Crippen molar-refractivity contribution in [1.82, 2.24) is 4.90 Å². The van der Waals surface area contributed by atoms with E-state index in [2.05, 4.69) is 24.1 Å². The molecule has 0 atom stereocenters. The van der Waals surface area contributed by atoms with Gasteiger partial charge in [-0.3, -0.25) is 9.69 Å². The number of nitrogen functional groups attached to an aromatic ring is 1. The molecule has 0 aromatic heterocycles. The molecule has 0 unspecified atom stereocenters. The van der Waals surface area contributed by atoms with E-state index in [-0.39, 0.29) is 19.4 Å². The van der Waals surface area contributed by atoms with Crippen LogP contribution in [0.1, 0.15) is 31.6 Å². The topological polar surface area (TPSA) is 67.6 Å². The largest absolute Gasteiger partial charge is 0.488 e. The van der Waals surface area contributed by atoms with E-state index in [1.54, 1.807) is 24.3 Å². The summed E-state index contributed by atoms with van der Waals surface area (Å²) in [6.45, 7) is 7.49. The highest BCUT2D eigenvalue weighted by Crippen LogP contribution is 2.21. The maximum Gasteiger partial charge on any atom is 0.255 e. The second-order valence-corrected chi connectivity index (χ2v) is 6.92. The molecule has 3 N–H and O–H groups in total. The van der Waals surface area contributed by atoms with Crippen LogP contribution in [0.4, 0.5) is 11.4 Å². The molecule has 0 saturated carbocycles. The van der Waals surface area contributed by atoms with Crippen LogP contribution in [0.5, 0.6) is 5.75 Å². The van der Waals surface area contributed by atoms with Crippen LogP contribution in [0.15, 0.2) is 48.5 Å². The molecule has 1 aliphatic heterocycles. The second kappa shape index (κ2) is 8.72. The summed E-state index contributed by atoms with van der Waals surface area (Å²) in [5, 5.41) is 2.82. The predicted molar refractivity (Wildman–Crippen MR) is 108 cm³/mol. The van der Waals surface area contributed by atoms with E-state index in [0.29, 0.717) is 22.9 Å². The first-order valence-electron chi connectivity index (χ1n) is 8.66. The zero-order valence-corrected chi connectivity index (χ0v) is 14.7. The molecule has 0 spiro atoms. The number of para-hydroxylation sites is 2. The molecule has 1 heterocycles. The van der Waals surface area contributed by atoms with Crippen molar-refractivity contribution >= 4 is 17.3 Å². The Morgan fingerprint density at radius 3 is 2.46 bits per heavy atom. The fourth-order valence-electron chi connectivity index (χ4n) is 2.95. The van der Waals surface area contributed by atoms with Gasteiger partial charge in [-0.15, -0.1) is 0 Å². The van der Waals surface area contributed by atoms with Gasteiger partial charge in [0.15, 0.2) is 0 Å². The number of likely N-dealkylation sites (tertiary alicyclic amines) is 1. The van der Waals surface area contributed by atoms with Crippen molar-refractivity contribution in [2.45, 2.75) is 27.4 Å². The number of carbonyl (C=O) groups excluding carboxylic acids is 1. The lowest BCUT2D eigenvalue weighted by Gasteiger charge is -2.39. The van der Waals surface area contributed by atoms with Crippen LogP contribution < -0.4 is 15.8 Å². The number of anilines is 2. The van der Waals surface area contributed by atoms with Crippen molar-refractivity contribution in [1.29, 1.82) is 0 Å². The zero-order chi connectivity index (χ0) is 17.8. The lowest BCUT2D eigenvalue weighted by molar-refractivity contribution is 0.0131. The van der Waals surface area contributed by atoms with Crippen molar-refractivity contribution in [2.24, 2.45) is 5.92 Å². The van der Waals surface area contributed by atoms with Crippen molar-refractivity contribution in [3.8, 4) is 5.75 Å². The van der Waals surface area contributed by atoms with Gasteiger partial charge >= 0.3 is 0 Å². The minimum atomic E-state index is -0.184. The van der Waals surface area contributed by atoms with E-state index >= 15 is 0 Å². The summed E-state index contributed by atoms with van der Waals surface area (Å²) in [6.07, 6.45) is 0.238. The standard InChI is InChI=1S/C20H25N3O2.CH4/c1-14(2)11-23-12-17(13-23)25-16-9-7-15(8-10-16)20(24)22-19-6-4-3-5-18(19)21;/h3-10,14,17H,11-13,21H2,1-2H3,(H,22,24);1H4. The first kappa shape index (κ1) is 19.8. The number of hydrogen-bond acceptors (Lipinski definition) is 4. The minimum Gasteiger partial charge on any atom is -0.488 e. The maximum absolute atomic E-state index is 12.3. The smallest absolute Gasteiger partial charge is 0.255 e. The fraction of sp³-hybridized carbons (Fsp3) is 0.381. The lowest BCUT2D eigenvalue weighted by atomic mass is 10.1. The first-order chi connectivity index (χ1) is 12.0. The van der Waals surface area contributed by atoms with Crippen LogP contribution in [0.2, 0.25) is 0 Å². The molecular weight excluding hydrogens is 326 g/mol. The van der Waals surface area contributed by atoms with Gasteiger partial charge in [0.1, 0.15) is 11.9 Å². The summed E-state index contributed by atoms with van der Waals surface area (Å²) in [5.41, 5.74) is 7.59. The van der Waals surface area contributed by atoms with Gasteiger partial charge < -0.3 is 15.8 Å². The summed E-state index contributed by atoms with van der Waals surface area (Å²) >= 11 is 0. The number of rotatable bonds is 6. The monoisotopic (exact) mass is 355 g/mol. The molecule has 1 saturated heterocycles. The van der Waals surface area contributed by atoms with Crippen LogP contribution in [0, 0.1) is 5.92 Å². The summed E-state index contributed by atoms with van der Waals surface area (Å²) in [5.74, 6) is 1.29. The SMILES string of the molecule is C.CC(C)CN1CC(Oc2ccc(C(=O)Nc3ccccc3N)cc2)C1. The Hall–Kier alpha value is -2.53. The molecule has 1 amide bonds. The van der Waals surface area contributed by atoms with Gasteiger partial charge in [0.05, 0.1) is 11.4 Å². The molecule has 0 bridgehead atoms. The third-order valence-electron chi connectivity index (χ3n) is 4.18. The number of nitrogens with zero attached hydrogens (tertiary/aromatic N) is 1. The quantitative estimate of drug-likeness (QED) is 0.772. The molecule has 26 heavy (non-hydrogen) atoms. The average Bonchev–Trinajstić information content (AvgIpc) is 2.55. The number of nitrogens with two attached hydrogens (primary N) is 1. The summed E-state index contributed by atoms with van der Waals surface area (Å²) in [6, 6.07) is 14.4. The Morgan fingerprint density at radius 2 is 1.85 bits per heavy atom. The zero-order valence-electron chi connectivity index (χ0n) is 14.7.